The minimum atomic E-state index is 0.0804. The molecule has 0 spiro atoms. The summed E-state index contributed by atoms with van der Waals surface area (Å²) >= 11 is 5.74. The zero-order valence-electron chi connectivity index (χ0n) is 42.1. The fourth-order valence-corrected chi connectivity index (χ4v) is 7.96. The highest BCUT2D eigenvalue weighted by molar-refractivity contribution is 6.28. The van der Waals surface area contributed by atoms with Crippen LogP contribution in [0.4, 0.5) is 63.3 Å². The van der Waals surface area contributed by atoms with Crippen LogP contribution in [-0.2, 0) is 0 Å². The van der Waals surface area contributed by atoms with Crippen LogP contribution >= 0.6 is 11.6 Å². The van der Waals surface area contributed by atoms with Gasteiger partial charge in [-0.2, -0.15) is 20.5 Å². The van der Waals surface area contributed by atoms with E-state index in [2.05, 4.69) is 112 Å². The third-order valence-corrected chi connectivity index (χ3v) is 11.9. The van der Waals surface area contributed by atoms with Gasteiger partial charge in [0, 0.05) is 116 Å². The number of pyridine rings is 2. The number of nitriles is 2. The number of anilines is 11. The van der Waals surface area contributed by atoms with Crippen molar-refractivity contribution in [1.29, 1.82) is 10.5 Å². The van der Waals surface area contributed by atoms with Gasteiger partial charge in [0.15, 0.2) is 23.3 Å². The van der Waals surface area contributed by atoms with Gasteiger partial charge in [0.25, 0.3) is 0 Å². The van der Waals surface area contributed by atoms with Gasteiger partial charge in [-0.15, -0.1) is 0 Å². The molecule has 5 N–H and O–H groups in total. The molecule has 2 aliphatic heterocycles. The van der Waals surface area contributed by atoms with Crippen molar-refractivity contribution >= 4 is 74.9 Å². The fraction of sp³-hybridized carbons (Fsp3) is 0.360. The Labute approximate surface area is 421 Å². The second-order valence-corrected chi connectivity index (χ2v) is 17.6. The molecule has 21 heteroatoms. The van der Waals surface area contributed by atoms with E-state index >= 15 is 0 Å². The number of hydrogen-bond donors (Lipinski definition) is 4. The van der Waals surface area contributed by atoms with E-state index in [9.17, 15) is 5.26 Å². The average molecular weight is 984 g/mol. The van der Waals surface area contributed by atoms with E-state index in [-0.39, 0.29) is 5.28 Å². The first kappa shape index (κ1) is 52.5. The lowest BCUT2D eigenvalue weighted by Crippen LogP contribution is -2.44. The standard InChI is InChI=1S/C25H31N9O.C13H21N3O.C12H11ClN6/c1-17-13-20(22(35-5)14-21(17)34-11-9-33(4)10-12-34)30-25-28-16-18(15-26)23(31-25)29-19-7-6-8-27-24(19)32(2)3;1-10-8-11(14)13(17-3)9-12(10)16-6-4-15(2)5-7-16;1-19(2)11-9(4-3-5-15-11)17-10-8(6-14)7-16-12(13)18-10/h6-8,13-14,16H,9-12H2,1-5H3,(H2,28,29,30,31);8-9H,4-7,14H2,1-3H3;3-5,7H,1-2H3,(H,16,17,18). The number of rotatable bonds is 12. The zero-order valence-corrected chi connectivity index (χ0v) is 42.9. The van der Waals surface area contributed by atoms with E-state index in [0.717, 1.165) is 98.1 Å². The summed E-state index contributed by atoms with van der Waals surface area (Å²) in [6.07, 6.45) is 6.29. The molecule has 2 saturated heterocycles. The van der Waals surface area contributed by atoms with Gasteiger partial charge in [0.1, 0.15) is 34.8 Å². The van der Waals surface area contributed by atoms with E-state index in [4.69, 9.17) is 32.1 Å². The summed E-state index contributed by atoms with van der Waals surface area (Å²) in [4.78, 5) is 38.6. The van der Waals surface area contributed by atoms with Gasteiger partial charge in [-0.1, -0.05) is 0 Å². The Hall–Kier alpha value is -7.91. The largest absolute Gasteiger partial charge is 0.495 e. The van der Waals surface area contributed by atoms with Crippen molar-refractivity contribution in [2.24, 2.45) is 0 Å². The number of ether oxygens (including phenoxy) is 2. The molecule has 0 aliphatic carbocycles. The lowest BCUT2D eigenvalue weighted by Gasteiger charge is -2.35. The minimum Gasteiger partial charge on any atom is -0.495 e. The molecule has 2 aromatic carbocycles. The summed E-state index contributed by atoms with van der Waals surface area (Å²) in [7, 11) is 15.2. The summed E-state index contributed by atoms with van der Waals surface area (Å²) in [5.74, 6) is 4.05. The van der Waals surface area contributed by atoms with Crippen LogP contribution in [0.15, 0.2) is 73.3 Å². The Morgan fingerprint density at radius 2 is 1.08 bits per heavy atom. The van der Waals surface area contributed by atoms with Gasteiger partial charge < -0.3 is 60.6 Å². The molecular weight excluding hydrogens is 920 g/mol. The zero-order chi connectivity index (χ0) is 51.2. The molecule has 2 fully saturated rings. The van der Waals surface area contributed by atoms with Crippen molar-refractivity contribution in [1.82, 2.24) is 39.7 Å². The molecule has 372 valence electrons. The van der Waals surface area contributed by atoms with Gasteiger partial charge in [-0.3, -0.25) is 0 Å². The van der Waals surface area contributed by atoms with E-state index in [1.165, 1.54) is 23.6 Å². The number of nitrogens with zero attached hydrogens (tertiary/aromatic N) is 14. The Morgan fingerprint density at radius 3 is 1.56 bits per heavy atom. The van der Waals surface area contributed by atoms with Crippen molar-refractivity contribution in [2.45, 2.75) is 13.8 Å². The number of likely N-dealkylation sites (N-methyl/N-ethyl adjacent to an activating group) is 2. The van der Waals surface area contributed by atoms with Crippen LogP contribution in [0, 0.1) is 36.5 Å². The Bertz CT molecular complexity index is 2830. The molecule has 8 rings (SSSR count). The highest BCUT2D eigenvalue weighted by Crippen LogP contribution is 2.36. The number of aryl methyl sites for hydroxylation is 2. The number of nitrogen functional groups attached to an aromatic ring is 1. The molecule has 0 unspecified atom stereocenters. The molecule has 6 heterocycles. The SMILES string of the molecule is CN(C)c1ncccc1Nc1nc(Cl)ncc1C#N.COc1cc(N2CCN(C)CC2)c(C)cc1N.COc1cc(N2CCN(C)CC2)c(C)cc1Nc1ncc(C#N)c(Nc2cccnc2N(C)C)n1. The number of nitrogens with one attached hydrogen (secondary N) is 3. The Balaban J connectivity index is 0.000000193. The smallest absolute Gasteiger partial charge is 0.229 e. The number of methoxy groups -OCH3 is 2. The van der Waals surface area contributed by atoms with Gasteiger partial charge in [0.2, 0.25) is 11.2 Å². The van der Waals surface area contributed by atoms with E-state index in [1.54, 1.807) is 32.7 Å². The molecule has 0 radical (unpaired) electrons. The minimum absolute atomic E-state index is 0.0804. The molecule has 4 aromatic heterocycles. The van der Waals surface area contributed by atoms with Crippen LogP contribution < -0.4 is 50.8 Å². The van der Waals surface area contributed by atoms with Crippen LogP contribution in [0.25, 0.3) is 0 Å². The first-order valence-corrected chi connectivity index (χ1v) is 23.3. The van der Waals surface area contributed by atoms with E-state index in [1.807, 2.05) is 74.4 Å². The number of benzene rings is 2. The lowest BCUT2D eigenvalue weighted by molar-refractivity contribution is 0.312. The van der Waals surface area contributed by atoms with Gasteiger partial charge >= 0.3 is 0 Å². The third kappa shape index (κ3) is 13.7. The van der Waals surface area contributed by atoms with Crippen molar-refractivity contribution in [3.8, 4) is 23.6 Å². The Kier molecular flexibility index (Phi) is 18.2. The molecule has 0 atom stereocenters. The van der Waals surface area contributed by atoms with Crippen LogP contribution in [0.2, 0.25) is 5.28 Å². The number of aromatic nitrogens is 6. The third-order valence-electron chi connectivity index (χ3n) is 11.7. The summed E-state index contributed by atoms with van der Waals surface area (Å²) < 4.78 is 11.0. The average Bonchev–Trinajstić information content (AvgIpc) is 3.36. The van der Waals surface area contributed by atoms with Crippen LogP contribution in [0.3, 0.4) is 0 Å². The fourth-order valence-electron chi connectivity index (χ4n) is 7.83. The first-order chi connectivity index (χ1) is 34.1. The lowest BCUT2D eigenvalue weighted by atomic mass is 10.1. The Morgan fingerprint density at radius 1 is 0.620 bits per heavy atom. The predicted octanol–water partition coefficient (Wildman–Crippen LogP) is 6.91. The molecule has 2 aliphatic rings. The highest BCUT2D eigenvalue weighted by Gasteiger charge is 2.21. The van der Waals surface area contributed by atoms with E-state index in [0.29, 0.717) is 40.1 Å². The maximum absolute atomic E-state index is 9.60. The van der Waals surface area contributed by atoms with Crippen LogP contribution in [-0.4, -0.2) is 149 Å². The quantitative estimate of drug-likeness (QED) is 0.0722. The van der Waals surface area contributed by atoms with Crippen molar-refractivity contribution in [3.63, 3.8) is 0 Å². The second kappa shape index (κ2) is 24.6. The monoisotopic (exact) mass is 983 g/mol. The van der Waals surface area contributed by atoms with Gasteiger partial charge in [-0.25, -0.2) is 19.9 Å². The second-order valence-electron chi connectivity index (χ2n) is 17.3. The summed E-state index contributed by atoms with van der Waals surface area (Å²) in [6, 6.07) is 19.7. The predicted molar refractivity (Wildman–Crippen MR) is 285 cm³/mol. The highest BCUT2D eigenvalue weighted by atomic mass is 35.5. The molecule has 0 saturated carbocycles. The van der Waals surface area contributed by atoms with Gasteiger partial charge in [0.05, 0.1) is 49.4 Å². The van der Waals surface area contributed by atoms with Gasteiger partial charge in [-0.05, 0) is 87.1 Å². The molecule has 6 aromatic rings. The molecular formula is C50H63ClN18O2. The van der Waals surface area contributed by atoms with Crippen molar-refractivity contribution in [2.75, 3.05) is 150 Å². The number of piperazine rings is 2. The normalized spacial score (nSPS) is 13.5. The maximum Gasteiger partial charge on any atom is 0.229 e. The molecule has 0 bridgehead atoms. The summed E-state index contributed by atoms with van der Waals surface area (Å²) in [5, 5.41) is 28.3. The molecule has 71 heavy (non-hydrogen) atoms. The number of halogens is 1. The van der Waals surface area contributed by atoms with Crippen molar-refractivity contribution in [3.05, 3.63) is 101 Å². The topological polar surface area (TPSA) is 225 Å². The number of hydrogen-bond acceptors (Lipinski definition) is 20. The van der Waals surface area contributed by atoms with Crippen LogP contribution in [0.5, 0.6) is 11.5 Å². The van der Waals surface area contributed by atoms with Crippen molar-refractivity contribution < 1.29 is 9.47 Å². The van der Waals surface area contributed by atoms with E-state index < -0.39 is 0 Å². The molecule has 0 amide bonds. The maximum atomic E-state index is 9.60. The first-order valence-electron chi connectivity index (χ1n) is 22.9. The number of nitrogens with two attached hydrogens (primary N) is 1. The van der Waals surface area contributed by atoms with Crippen LogP contribution in [0.1, 0.15) is 22.3 Å². The summed E-state index contributed by atoms with van der Waals surface area (Å²) in [6.45, 7) is 12.5. The molecule has 20 nitrogen and oxygen atoms in total. The summed E-state index contributed by atoms with van der Waals surface area (Å²) in [5.41, 5.74) is 14.2.